The van der Waals surface area contributed by atoms with Crippen molar-refractivity contribution in [2.75, 3.05) is 12.3 Å². The molecule has 0 aliphatic rings. The van der Waals surface area contributed by atoms with Crippen LogP contribution >= 0.6 is 0 Å². The maximum absolute atomic E-state index is 11.9. The molecule has 4 heteroatoms. The first kappa shape index (κ1) is 14.9. The second-order valence-electron chi connectivity index (χ2n) is 4.91. The van der Waals surface area contributed by atoms with E-state index in [1.165, 1.54) is 0 Å². The quantitative estimate of drug-likeness (QED) is 0.845. The van der Waals surface area contributed by atoms with Gasteiger partial charge in [0.25, 0.3) is 5.91 Å². The Balaban J connectivity index is 2.33. The molecule has 0 radical (unpaired) electrons. The molecule has 3 N–H and O–H groups in total. The minimum Gasteiger partial charge on any atom is -0.455 e. The molecule has 2 aromatic rings. The standard InChI is InChI=1S/C17H20N2O2/c1-4-19-17(20)13-8-9-14(18)16(10-13)21-15-7-5-6-11(2)12(15)3/h5-10H,4,18H2,1-3H3,(H,19,20). The van der Waals surface area contributed by atoms with E-state index in [2.05, 4.69) is 5.32 Å². The van der Waals surface area contributed by atoms with Gasteiger partial charge in [0.15, 0.2) is 5.75 Å². The minimum atomic E-state index is -0.136. The highest BCUT2D eigenvalue weighted by Crippen LogP contribution is 2.31. The number of hydrogen-bond acceptors (Lipinski definition) is 3. The van der Waals surface area contributed by atoms with Crippen LogP contribution in [0.15, 0.2) is 36.4 Å². The zero-order chi connectivity index (χ0) is 15.4. The monoisotopic (exact) mass is 284 g/mol. The number of benzene rings is 2. The molecule has 0 bridgehead atoms. The van der Waals surface area contributed by atoms with Crippen molar-refractivity contribution in [3.63, 3.8) is 0 Å². The second kappa shape index (κ2) is 6.31. The Labute approximate surface area is 124 Å². The third-order valence-corrected chi connectivity index (χ3v) is 3.39. The third-order valence-electron chi connectivity index (χ3n) is 3.39. The molecule has 0 unspecified atom stereocenters. The van der Waals surface area contributed by atoms with E-state index in [1.54, 1.807) is 18.2 Å². The molecule has 0 aliphatic heterocycles. The Bertz CT molecular complexity index is 666. The van der Waals surface area contributed by atoms with Gasteiger partial charge in [-0.05, 0) is 56.2 Å². The van der Waals surface area contributed by atoms with Gasteiger partial charge in [-0.3, -0.25) is 4.79 Å². The molecule has 21 heavy (non-hydrogen) atoms. The molecule has 2 aromatic carbocycles. The zero-order valence-corrected chi connectivity index (χ0v) is 12.6. The molecule has 1 amide bonds. The minimum absolute atomic E-state index is 0.136. The Kier molecular flexibility index (Phi) is 4.48. The molecular weight excluding hydrogens is 264 g/mol. The summed E-state index contributed by atoms with van der Waals surface area (Å²) in [5.41, 5.74) is 9.18. The SMILES string of the molecule is CCNC(=O)c1ccc(N)c(Oc2cccc(C)c2C)c1. The summed E-state index contributed by atoms with van der Waals surface area (Å²) in [5, 5.41) is 2.76. The van der Waals surface area contributed by atoms with E-state index >= 15 is 0 Å². The lowest BCUT2D eigenvalue weighted by molar-refractivity contribution is 0.0955. The highest BCUT2D eigenvalue weighted by Gasteiger charge is 2.10. The molecule has 2 rings (SSSR count). The molecule has 110 valence electrons. The summed E-state index contributed by atoms with van der Waals surface area (Å²) in [6, 6.07) is 10.9. The van der Waals surface area contributed by atoms with E-state index in [4.69, 9.17) is 10.5 Å². The first-order valence-electron chi connectivity index (χ1n) is 6.94. The number of carbonyl (C=O) groups is 1. The number of hydrogen-bond donors (Lipinski definition) is 2. The largest absolute Gasteiger partial charge is 0.455 e. The number of amides is 1. The van der Waals surface area contributed by atoms with Crippen molar-refractivity contribution in [1.82, 2.24) is 5.32 Å². The van der Waals surface area contributed by atoms with E-state index < -0.39 is 0 Å². The molecule has 0 atom stereocenters. The van der Waals surface area contributed by atoms with E-state index in [-0.39, 0.29) is 5.91 Å². The van der Waals surface area contributed by atoms with Crippen molar-refractivity contribution >= 4 is 11.6 Å². The van der Waals surface area contributed by atoms with Crippen LogP contribution in [-0.4, -0.2) is 12.5 Å². The Hall–Kier alpha value is -2.49. The van der Waals surface area contributed by atoms with Crippen molar-refractivity contribution in [3.8, 4) is 11.5 Å². The van der Waals surface area contributed by atoms with Crippen LogP contribution in [0.2, 0.25) is 0 Å². The Morgan fingerprint density at radius 1 is 1.19 bits per heavy atom. The number of rotatable bonds is 4. The van der Waals surface area contributed by atoms with Crippen LogP contribution in [0.25, 0.3) is 0 Å². The number of anilines is 1. The Morgan fingerprint density at radius 2 is 1.95 bits per heavy atom. The van der Waals surface area contributed by atoms with E-state index in [9.17, 15) is 4.79 Å². The van der Waals surface area contributed by atoms with Gasteiger partial charge < -0.3 is 15.8 Å². The second-order valence-corrected chi connectivity index (χ2v) is 4.91. The summed E-state index contributed by atoms with van der Waals surface area (Å²) in [6.07, 6.45) is 0. The van der Waals surface area contributed by atoms with E-state index in [1.807, 2.05) is 39.0 Å². The van der Waals surface area contributed by atoms with Gasteiger partial charge >= 0.3 is 0 Å². The molecule has 0 aliphatic carbocycles. The van der Waals surface area contributed by atoms with E-state index in [0.29, 0.717) is 23.5 Å². The summed E-state index contributed by atoms with van der Waals surface area (Å²) < 4.78 is 5.88. The highest BCUT2D eigenvalue weighted by atomic mass is 16.5. The van der Waals surface area contributed by atoms with Crippen LogP contribution in [0.3, 0.4) is 0 Å². The van der Waals surface area contributed by atoms with Crippen molar-refractivity contribution in [2.24, 2.45) is 0 Å². The average molecular weight is 284 g/mol. The maximum atomic E-state index is 11.9. The van der Waals surface area contributed by atoms with Crippen LogP contribution in [0, 0.1) is 13.8 Å². The van der Waals surface area contributed by atoms with Gasteiger partial charge in [-0.2, -0.15) is 0 Å². The molecule has 0 saturated heterocycles. The van der Waals surface area contributed by atoms with Crippen LogP contribution in [0.4, 0.5) is 5.69 Å². The highest BCUT2D eigenvalue weighted by molar-refractivity contribution is 5.95. The number of nitrogens with one attached hydrogen (secondary N) is 1. The van der Waals surface area contributed by atoms with Crippen LogP contribution in [0.5, 0.6) is 11.5 Å². The molecule has 0 saturated carbocycles. The lowest BCUT2D eigenvalue weighted by Crippen LogP contribution is -2.22. The van der Waals surface area contributed by atoms with Crippen LogP contribution in [0.1, 0.15) is 28.4 Å². The van der Waals surface area contributed by atoms with Crippen LogP contribution < -0.4 is 15.8 Å². The van der Waals surface area contributed by atoms with Crippen molar-refractivity contribution in [1.29, 1.82) is 0 Å². The van der Waals surface area contributed by atoms with E-state index in [0.717, 1.165) is 16.9 Å². The summed E-state index contributed by atoms with van der Waals surface area (Å²) in [6.45, 7) is 6.48. The summed E-state index contributed by atoms with van der Waals surface area (Å²) >= 11 is 0. The summed E-state index contributed by atoms with van der Waals surface area (Å²) in [4.78, 5) is 11.9. The predicted octanol–water partition coefficient (Wildman–Crippen LogP) is 3.43. The van der Waals surface area contributed by atoms with Crippen molar-refractivity contribution in [3.05, 3.63) is 53.1 Å². The summed E-state index contributed by atoms with van der Waals surface area (Å²) in [5.74, 6) is 1.10. The predicted molar refractivity (Wildman–Crippen MR) is 84.9 cm³/mol. The lowest BCUT2D eigenvalue weighted by atomic mass is 10.1. The molecule has 4 nitrogen and oxygen atoms in total. The lowest BCUT2D eigenvalue weighted by Gasteiger charge is -2.13. The van der Waals surface area contributed by atoms with Gasteiger partial charge in [-0.15, -0.1) is 0 Å². The number of nitrogens with two attached hydrogens (primary N) is 1. The number of aryl methyl sites for hydroxylation is 1. The molecule has 0 fully saturated rings. The molecular formula is C17H20N2O2. The van der Waals surface area contributed by atoms with Gasteiger partial charge in [0.2, 0.25) is 0 Å². The number of nitrogen functional groups attached to an aromatic ring is 1. The van der Waals surface area contributed by atoms with Crippen molar-refractivity contribution in [2.45, 2.75) is 20.8 Å². The summed E-state index contributed by atoms with van der Waals surface area (Å²) in [7, 11) is 0. The van der Waals surface area contributed by atoms with Crippen LogP contribution in [-0.2, 0) is 0 Å². The normalized spacial score (nSPS) is 10.2. The number of ether oxygens (including phenoxy) is 1. The number of carbonyl (C=O) groups excluding carboxylic acids is 1. The van der Waals surface area contributed by atoms with Gasteiger partial charge in [0, 0.05) is 12.1 Å². The van der Waals surface area contributed by atoms with Gasteiger partial charge in [0.05, 0.1) is 5.69 Å². The fourth-order valence-corrected chi connectivity index (χ4v) is 1.98. The molecule has 0 heterocycles. The average Bonchev–Trinajstić information content (AvgIpc) is 2.46. The first-order chi connectivity index (χ1) is 10.0. The molecule has 0 spiro atoms. The maximum Gasteiger partial charge on any atom is 0.251 e. The topological polar surface area (TPSA) is 64.4 Å². The fourth-order valence-electron chi connectivity index (χ4n) is 1.98. The van der Waals surface area contributed by atoms with Gasteiger partial charge in [0.1, 0.15) is 5.75 Å². The zero-order valence-electron chi connectivity index (χ0n) is 12.6. The fraction of sp³-hybridized carbons (Fsp3) is 0.235. The molecule has 0 aromatic heterocycles. The smallest absolute Gasteiger partial charge is 0.251 e. The first-order valence-corrected chi connectivity index (χ1v) is 6.94. The third kappa shape index (κ3) is 3.34. The Morgan fingerprint density at radius 3 is 2.67 bits per heavy atom. The van der Waals surface area contributed by atoms with Gasteiger partial charge in [-0.1, -0.05) is 12.1 Å². The van der Waals surface area contributed by atoms with Crippen molar-refractivity contribution < 1.29 is 9.53 Å². The van der Waals surface area contributed by atoms with Gasteiger partial charge in [-0.25, -0.2) is 0 Å².